The molecule has 2 N–H and O–H groups in total. The Labute approximate surface area is 126 Å². The standard InChI is InChI=1S/C15H24ClN3O/c1-4-6-8-11(7-5-2)19-15(20)12-9-14(17-3)18-10-13(12)16/h9-11H,4-8H2,1-3H3,(H,17,18)(H,19,20). The van der Waals surface area contributed by atoms with Crippen LogP contribution in [-0.2, 0) is 0 Å². The fourth-order valence-electron chi connectivity index (χ4n) is 2.10. The fraction of sp³-hybridized carbons (Fsp3) is 0.600. The summed E-state index contributed by atoms with van der Waals surface area (Å²) in [6, 6.07) is 1.90. The van der Waals surface area contributed by atoms with Crippen LogP contribution in [0.4, 0.5) is 5.82 Å². The summed E-state index contributed by atoms with van der Waals surface area (Å²) >= 11 is 6.06. The van der Waals surface area contributed by atoms with Gasteiger partial charge in [0, 0.05) is 19.3 Å². The summed E-state index contributed by atoms with van der Waals surface area (Å²) in [6.45, 7) is 4.29. The zero-order chi connectivity index (χ0) is 15.0. The van der Waals surface area contributed by atoms with E-state index in [0.29, 0.717) is 16.4 Å². The molecule has 0 aliphatic heterocycles. The molecule has 1 rings (SSSR count). The number of pyridine rings is 1. The molecule has 0 saturated carbocycles. The summed E-state index contributed by atoms with van der Waals surface area (Å²) in [4.78, 5) is 16.4. The van der Waals surface area contributed by atoms with E-state index in [9.17, 15) is 4.79 Å². The normalized spacial score (nSPS) is 12.0. The Hall–Kier alpha value is -1.29. The maximum Gasteiger partial charge on any atom is 0.253 e. The number of anilines is 1. The highest BCUT2D eigenvalue weighted by atomic mass is 35.5. The first-order valence-corrected chi connectivity index (χ1v) is 7.64. The van der Waals surface area contributed by atoms with Crippen LogP contribution in [0, 0.1) is 0 Å². The minimum absolute atomic E-state index is 0.122. The second-order valence-electron chi connectivity index (χ2n) is 4.90. The second kappa shape index (κ2) is 8.80. The Bertz CT molecular complexity index is 437. The fourth-order valence-corrected chi connectivity index (χ4v) is 2.29. The second-order valence-corrected chi connectivity index (χ2v) is 5.31. The molecule has 1 unspecified atom stereocenters. The molecule has 0 aromatic carbocycles. The van der Waals surface area contributed by atoms with E-state index in [-0.39, 0.29) is 11.9 Å². The van der Waals surface area contributed by atoms with E-state index in [1.807, 2.05) is 0 Å². The molecular formula is C15H24ClN3O. The Morgan fingerprint density at radius 2 is 2.10 bits per heavy atom. The molecule has 0 aliphatic carbocycles. The number of nitrogens with one attached hydrogen (secondary N) is 2. The Kier molecular flexibility index (Phi) is 7.37. The minimum atomic E-state index is -0.122. The van der Waals surface area contributed by atoms with Crippen molar-refractivity contribution in [2.45, 2.75) is 52.0 Å². The molecule has 1 aromatic heterocycles. The summed E-state index contributed by atoms with van der Waals surface area (Å²) in [6.07, 6.45) is 6.82. The Morgan fingerprint density at radius 3 is 2.70 bits per heavy atom. The summed E-state index contributed by atoms with van der Waals surface area (Å²) in [5.74, 6) is 0.517. The SMILES string of the molecule is CCCCC(CCC)NC(=O)c1cc(NC)ncc1Cl. The van der Waals surface area contributed by atoms with Gasteiger partial charge in [0.25, 0.3) is 5.91 Å². The molecule has 0 spiro atoms. The van der Waals surface area contributed by atoms with Gasteiger partial charge in [-0.25, -0.2) is 4.98 Å². The number of aromatic nitrogens is 1. The van der Waals surface area contributed by atoms with Gasteiger partial charge in [-0.1, -0.05) is 44.7 Å². The lowest BCUT2D eigenvalue weighted by molar-refractivity contribution is 0.0932. The number of carbonyl (C=O) groups is 1. The zero-order valence-corrected chi connectivity index (χ0v) is 13.3. The van der Waals surface area contributed by atoms with Crippen molar-refractivity contribution in [1.82, 2.24) is 10.3 Å². The summed E-state index contributed by atoms with van der Waals surface area (Å²) in [5.41, 5.74) is 0.476. The lowest BCUT2D eigenvalue weighted by Crippen LogP contribution is -2.35. The highest BCUT2D eigenvalue weighted by Crippen LogP contribution is 2.18. The molecule has 1 aromatic rings. The molecule has 0 aliphatic rings. The number of hydrogen-bond donors (Lipinski definition) is 2. The molecule has 5 heteroatoms. The largest absolute Gasteiger partial charge is 0.373 e. The van der Waals surface area contributed by atoms with Gasteiger partial charge in [0.2, 0.25) is 0 Å². The van der Waals surface area contributed by atoms with Gasteiger partial charge in [0.1, 0.15) is 5.82 Å². The van der Waals surface area contributed by atoms with Crippen molar-refractivity contribution < 1.29 is 4.79 Å². The van der Waals surface area contributed by atoms with Crippen LogP contribution in [0.5, 0.6) is 0 Å². The van der Waals surface area contributed by atoms with E-state index in [1.54, 1.807) is 13.1 Å². The van der Waals surface area contributed by atoms with Crippen LogP contribution >= 0.6 is 11.6 Å². The van der Waals surface area contributed by atoms with Crippen LogP contribution < -0.4 is 10.6 Å². The number of rotatable bonds is 8. The predicted molar refractivity (Wildman–Crippen MR) is 84.5 cm³/mol. The summed E-state index contributed by atoms with van der Waals surface area (Å²) < 4.78 is 0. The number of carbonyl (C=O) groups excluding carboxylic acids is 1. The van der Waals surface area contributed by atoms with Crippen LogP contribution in [0.25, 0.3) is 0 Å². The third-order valence-electron chi connectivity index (χ3n) is 3.23. The minimum Gasteiger partial charge on any atom is -0.373 e. The molecule has 4 nitrogen and oxygen atoms in total. The summed E-state index contributed by atoms with van der Waals surface area (Å²) in [5, 5.41) is 6.38. The lowest BCUT2D eigenvalue weighted by atomic mass is 10.0. The van der Waals surface area contributed by atoms with E-state index in [1.165, 1.54) is 6.20 Å². The van der Waals surface area contributed by atoms with E-state index in [4.69, 9.17) is 11.6 Å². The number of amides is 1. The van der Waals surface area contributed by atoms with Gasteiger partial charge in [-0.05, 0) is 18.9 Å². The molecule has 0 bridgehead atoms. The topological polar surface area (TPSA) is 54.0 Å². The number of unbranched alkanes of at least 4 members (excludes halogenated alkanes) is 1. The van der Waals surface area contributed by atoms with E-state index in [2.05, 4.69) is 29.5 Å². The highest BCUT2D eigenvalue weighted by molar-refractivity contribution is 6.33. The third kappa shape index (κ3) is 5.00. The lowest BCUT2D eigenvalue weighted by Gasteiger charge is -2.18. The smallest absolute Gasteiger partial charge is 0.253 e. The predicted octanol–water partition coefficient (Wildman–Crippen LogP) is 3.87. The van der Waals surface area contributed by atoms with Gasteiger partial charge in [-0.2, -0.15) is 0 Å². The molecule has 1 heterocycles. The monoisotopic (exact) mass is 297 g/mol. The average molecular weight is 298 g/mol. The molecule has 112 valence electrons. The Morgan fingerprint density at radius 1 is 1.35 bits per heavy atom. The van der Waals surface area contributed by atoms with Crippen LogP contribution in [0.15, 0.2) is 12.3 Å². The first kappa shape index (κ1) is 16.8. The van der Waals surface area contributed by atoms with Gasteiger partial charge >= 0.3 is 0 Å². The maximum atomic E-state index is 12.3. The molecular weight excluding hydrogens is 274 g/mol. The first-order valence-electron chi connectivity index (χ1n) is 7.26. The number of nitrogens with zero attached hydrogens (tertiary/aromatic N) is 1. The van der Waals surface area contributed by atoms with Crippen molar-refractivity contribution in [2.75, 3.05) is 12.4 Å². The van der Waals surface area contributed by atoms with Gasteiger partial charge in [-0.3, -0.25) is 4.79 Å². The van der Waals surface area contributed by atoms with Gasteiger partial charge in [0.15, 0.2) is 0 Å². The molecule has 1 atom stereocenters. The van der Waals surface area contributed by atoms with Gasteiger partial charge in [0.05, 0.1) is 10.6 Å². The maximum absolute atomic E-state index is 12.3. The quantitative estimate of drug-likeness (QED) is 0.766. The van der Waals surface area contributed by atoms with Crippen LogP contribution in [0.2, 0.25) is 5.02 Å². The third-order valence-corrected chi connectivity index (χ3v) is 3.54. The molecule has 0 fully saturated rings. The summed E-state index contributed by atoms with van der Waals surface area (Å²) in [7, 11) is 1.76. The van der Waals surface area contributed by atoms with Crippen molar-refractivity contribution in [3.8, 4) is 0 Å². The van der Waals surface area contributed by atoms with Crippen molar-refractivity contribution in [2.24, 2.45) is 0 Å². The molecule has 1 amide bonds. The zero-order valence-electron chi connectivity index (χ0n) is 12.5. The van der Waals surface area contributed by atoms with Gasteiger partial charge in [-0.15, -0.1) is 0 Å². The van der Waals surface area contributed by atoms with Crippen molar-refractivity contribution in [3.63, 3.8) is 0 Å². The van der Waals surface area contributed by atoms with Crippen LogP contribution in [0.1, 0.15) is 56.3 Å². The number of hydrogen-bond acceptors (Lipinski definition) is 3. The van der Waals surface area contributed by atoms with Crippen molar-refractivity contribution >= 4 is 23.3 Å². The van der Waals surface area contributed by atoms with Crippen LogP contribution in [0.3, 0.4) is 0 Å². The number of halogens is 1. The van der Waals surface area contributed by atoms with E-state index < -0.39 is 0 Å². The molecule has 0 radical (unpaired) electrons. The van der Waals surface area contributed by atoms with E-state index in [0.717, 1.165) is 32.1 Å². The van der Waals surface area contributed by atoms with E-state index >= 15 is 0 Å². The van der Waals surface area contributed by atoms with Crippen LogP contribution in [-0.4, -0.2) is 24.0 Å². The molecule has 20 heavy (non-hydrogen) atoms. The Balaban J connectivity index is 2.77. The first-order chi connectivity index (χ1) is 9.62. The van der Waals surface area contributed by atoms with Crippen molar-refractivity contribution in [3.05, 3.63) is 22.8 Å². The average Bonchev–Trinajstić information content (AvgIpc) is 2.45. The van der Waals surface area contributed by atoms with Gasteiger partial charge < -0.3 is 10.6 Å². The van der Waals surface area contributed by atoms with Crippen molar-refractivity contribution in [1.29, 1.82) is 0 Å². The molecule has 0 saturated heterocycles. The highest BCUT2D eigenvalue weighted by Gasteiger charge is 2.16.